The average molecular weight is 278 g/mol. The van der Waals surface area contributed by atoms with Gasteiger partial charge in [0, 0.05) is 0 Å². The standard InChI is InChI=1S/C13H18N4O3/c1-3-19-9-6-5-8(7-10(9)20-4-2)11(14)12-15-13(18)17-16-12/h5-7,11H,3-4,14H2,1-2H3,(H2,15,16,17,18). The van der Waals surface area contributed by atoms with Gasteiger partial charge in [0.2, 0.25) is 0 Å². The molecule has 0 aliphatic rings. The maximum absolute atomic E-state index is 11.1. The molecule has 7 heteroatoms. The highest BCUT2D eigenvalue weighted by molar-refractivity contribution is 5.44. The molecule has 0 amide bonds. The molecular weight excluding hydrogens is 260 g/mol. The van der Waals surface area contributed by atoms with Crippen molar-refractivity contribution in [2.24, 2.45) is 5.73 Å². The number of nitrogens with one attached hydrogen (secondary N) is 2. The van der Waals surface area contributed by atoms with E-state index in [1.54, 1.807) is 12.1 Å². The molecule has 20 heavy (non-hydrogen) atoms. The Kier molecular flexibility index (Phi) is 4.41. The smallest absolute Gasteiger partial charge is 0.340 e. The van der Waals surface area contributed by atoms with Crippen molar-refractivity contribution < 1.29 is 9.47 Å². The van der Waals surface area contributed by atoms with Crippen LogP contribution >= 0.6 is 0 Å². The first-order chi connectivity index (χ1) is 9.65. The number of hydrogen-bond acceptors (Lipinski definition) is 5. The molecule has 1 unspecified atom stereocenters. The van der Waals surface area contributed by atoms with Gasteiger partial charge in [-0.05, 0) is 31.5 Å². The van der Waals surface area contributed by atoms with Crippen molar-refractivity contribution in [2.45, 2.75) is 19.9 Å². The van der Waals surface area contributed by atoms with Gasteiger partial charge >= 0.3 is 5.69 Å². The van der Waals surface area contributed by atoms with E-state index in [0.29, 0.717) is 30.5 Å². The molecule has 0 aliphatic carbocycles. The molecule has 0 radical (unpaired) electrons. The number of aromatic amines is 2. The molecule has 1 aromatic heterocycles. The quantitative estimate of drug-likeness (QED) is 0.729. The third-order valence-corrected chi connectivity index (χ3v) is 2.74. The Morgan fingerprint density at radius 3 is 2.55 bits per heavy atom. The van der Waals surface area contributed by atoms with E-state index < -0.39 is 6.04 Å². The molecule has 4 N–H and O–H groups in total. The first-order valence-electron chi connectivity index (χ1n) is 6.45. The molecule has 0 bridgehead atoms. The van der Waals surface area contributed by atoms with Gasteiger partial charge in [0.25, 0.3) is 0 Å². The van der Waals surface area contributed by atoms with Gasteiger partial charge in [0.1, 0.15) is 0 Å². The summed E-state index contributed by atoms with van der Waals surface area (Å²) in [7, 11) is 0. The van der Waals surface area contributed by atoms with Crippen LogP contribution in [0.3, 0.4) is 0 Å². The SMILES string of the molecule is CCOc1ccc(C(N)c2n[nH]c(=O)[nH]2)cc1OCC. The number of benzene rings is 1. The Balaban J connectivity index is 2.32. The van der Waals surface area contributed by atoms with Crippen molar-refractivity contribution in [2.75, 3.05) is 13.2 Å². The first-order valence-corrected chi connectivity index (χ1v) is 6.45. The van der Waals surface area contributed by atoms with Crippen LogP contribution in [0.2, 0.25) is 0 Å². The van der Waals surface area contributed by atoms with Crippen LogP contribution in [0.5, 0.6) is 11.5 Å². The van der Waals surface area contributed by atoms with Crippen LogP contribution in [-0.2, 0) is 0 Å². The second-order valence-electron chi connectivity index (χ2n) is 4.11. The van der Waals surface area contributed by atoms with Crippen molar-refractivity contribution >= 4 is 0 Å². The summed E-state index contributed by atoms with van der Waals surface area (Å²) in [4.78, 5) is 13.6. The average Bonchev–Trinajstić information content (AvgIpc) is 2.87. The van der Waals surface area contributed by atoms with Crippen LogP contribution in [0.25, 0.3) is 0 Å². The summed E-state index contributed by atoms with van der Waals surface area (Å²) >= 11 is 0. The largest absolute Gasteiger partial charge is 0.490 e. The molecule has 0 fully saturated rings. The van der Waals surface area contributed by atoms with Crippen LogP contribution in [-0.4, -0.2) is 28.4 Å². The van der Waals surface area contributed by atoms with Crippen molar-refractivity contribution in [1.29, 1.82) is 0 Å². The Labute approximate surface area is 116 Å². The summed E-state index contributed by atoms with van der Waals surface area (Å²) in [5, 5.41) is 6.13. The lowest BCUT2D eigenvalue weighted by Gasteiger charge is -2.14. The molecule has 0 spiro atoms. The summed E-state index contributed by atoms with van der Waals surface area (Å²) < 4.78 is 11.0. The number of ether oxygens (including phenoxy) is 2. The number of H-pyrrole nitrogens is 2. The highest BCUT2D eigenvalue weighted by Gasteiger charge is 2.15. The molecular formula is C13H18N4O3. The fourth-order valence-corrected chi connectivity index (χ4v) is 1.85. The minimum absolute atomic E-state index is 0.376. The van der Waals surface area contributed by atoms with Crippen molar-refractivity contribution in [3.8, 4) is 11.5 Å². The van der Waals surface area contributed by atoms with Gasteiger partial charge in [0.05, 0.1) is 19.3 Å². The van der Waals surface area contributed by atoms with E-state index in [4.69, 9.17) is 15.2 Å². The summed E-state index contributed by atoms with van der Waals surface area (Å²) in [5.74, 6) is 1.67. The molecule has 0 saturated heterocycles. The molecule has 0 saturated carbocycles. The van der Waals surface area contributed by atoms with Gasteiger partial charge in [0.15, 0.2) is 17.3 Å². The Bertz CT molecular complexity index is 620. The maximum Gasteiger partial charge on any atom is 0.340 e. The zero-order chi connectivity index (χ0) is 14.5. The van der Waals surface area contributed by atoms with E-state index in [9.17, 15) is 4.79 Å². The molecule has 1 heterocycles. The number of hydrogen-bond donors (Lipinski definition) is 3. The second kappa shape index (κ2) is 6.25. The second-order valence-corrected chi connectivity index (χ2v) is 4.11. The predicted molar refractivity (Wildman–Crippen MR) is 74.0 cm³/mol. The topological polar surface area (TPSA) is 106 Å². The third-order valence-electron chi connectivity index (χ3n) is 2.74. The Morgan fingerprint density at radius 1 is 1.25 bits per heavy atom. The van der Waals surface area contributed by atoms with Crippen LogP contribution in [0.4, 0.5) is 0 Å². The van der Waals surface area contributed by atoms with Crippen LogP contribution in [0, 0.1) is 0 Å². The normalized spacial score (nSPS) is 12.2. The maximum atomic E-state index is 11.1. The molecule has 7 nitrogen and oxygen atoms in total. The predicted octanol–water partition coefficient (Wildman–Crippen LogP) is 0.944. The van der Waals surface area contributed by atoms with Crippen LogP contribution in [0.1, 0.15) is 31.3 Å². The van der Waals surface area contributed by atoms with Crippen molar-refractivity contribution in [3.63, 3.8) is 0 Å². The number of rotatable bonds is 6. The number of aromatic nitrogens is 3. The van der Waals surface area contributed by atoms with E-state index in [1.807, 2.05) is 19.9 Å². The van der Waals surface area contributed by atoms with E-state index >= 15 is 0 Å². The fourth-order valence-electron chi connectivity index (χ4n) is 1.85. The first kappa shape index (κ1) is 14.1. The lowest BCUT2D eigenvalue weighted by Crippen LogP contribution is -2.15. The zero-order valence-corrected chi connectivity index (χ0v) is 11.5. The molecule has 108 valence electrons. The van der Waals surface area contributed by atoms with Gasteiger partial charge in [-0.1, -0.05) is 6.07 Å². The van der Waals surface area contributed by atoms with Crippen molar-refractivity contribution in [1.82, 2.24) is 15.2 Å². The number of nitrogens with two attached hydrogens (primary N) is 1. The molecule has 1 atom stereocenters. The van der Waals surface area contributed by atoms with E-state index in [-0.39, 0.29) is 5.69 Å². The van der Waals surface area contributed by atoms with Gasteiger partial charge in [-0.2, -0.15) is 5.10 Å². The summed E-state index contributed by atoms with van der Waals surface area (Å²) in [6.07, 6.45) is 0. The van der Waals surface area contributed by atoms with Crippen LogP contribution in [0.15, 0.2) is 23.0 Å². The highest BCUT2D eigenvalue weighted by Crippen LogP contribution is 2.31. The lowest BCUT2D eigenvalue weighted by atomic mass is 10.1. The third kappa shape index (κ3) is 3.00. The highest BCUT2D eigenvalue weighted by atomic mass is 16.5. The molecule has 2 rings (SSSR count). The molecule has 2 aromatic rings. The minimum Gasteiger partial charge on any atom is -0.490 e. The summed E-state index contributed by atoms with van der Waals surface area (Å²) in [5.41, 5.74) is 6.46. The Hall–Kier alpha value is -2.28. The van der Waals surface area contributed by atoms with E-state index in [1.165, 1.54) is 0 Å². The van der Waals surface area contributed by atoms with Crippen molar-refractivity contribution in [3.05, 3.63) is 40.1 Å². The summed E-state index contributed by atoms with van der Waals surface area (Å²) in [6, 6.07) is 4.88. The molecule has 0 aliphatic heterocycles. The Morgan fingerprint density at radius 2 is 1.95 bits per heavy atom. The van der Waals surface area contributed by atoms with Gasteiger partial charge in [-0.25, -0.2) is 9.89 Å². The zero-order valence-electron chi connectivity index (χ0n) is 11.5. The molecule has 1 aromatic carbocycles. The lowest BCUT2D eigenvalue weighted by molar-refractivity contribution is 0.287. The number of nitrogens with zero attached hydrogens (tertiary/aromatic N) is 1. The minimum atomic E-state index is -0.538. The van der Waals surface area contributed by atoms with Gasteiger partial charge < -0.3 is 15.2 Å². The van der Waals surface area contributed by atoms with Gasteiger partial charge in [-0.3, -0.25) is 4.98 Å². The van der Waals surface area contributed by atoms with E-state index in [0.717, 1.165) is 5.56 Å². The fraction of sp³-hybridized carbons (Fsp3) is 0.385. The monoisotopic (exact) mass is 278 g/mol. The van der Waals surface area contributed by atoms with Crippen LogP contribution < -0.4 is 20.9 Å². The van der Waals surface area contributed by atoms with Gasteiger partial charge in [-0.15, -0.1) is 0 Å². The van der Waals surface area contributed by atoms with E-state index in [2.05, 4.69) is 15.2 Å². The summed E-state index contributed by atoms with van der Waals surface area (Å²) in [6.45, 7) is 4.88.